The highest BCUT2D eigenvalue weighted by Gasteiger charge is 2.14. The Kier molecular flexibility index (Phi) is 2.70. The van der Waals surface area contributed by atoms with Gasteiger partial charge in [-0.2, -0.15) is 5.10 Å². The molecule has 1 N–H and O–H groups in total. The highest BCUT2D eigenvalue weighted by molar-refractivity contribution is 6.32. The standard InChI is InChI=1S/C7H9ClN2O2/c1-4(2)12-7(11)5-3-9-10-6(5)8/h3-4H,1-2H3,(H,9,10). The third-order valence-corrected chi connectivity index (χ3v) is 1.44. The quantitative estimate of drug-likeness (QED) is 0.718. The lowest BCUT2D eigenvalue weighted by Crippen LogP contribution is -2.11. The lowest BCUT2D eigenvalue weighted by molar-refractivity contribution is 0.0378. The number of halogens is 1. The molecule has 0 amide bonds. The largest absolute Gasteiger partial charge is 0.459 e. The Labute approximate surface area is 74.9 Å². The van der Waals surface area contributed by atoms with E-state index in [0.717, 1.165) is 0 Å². The van der Waals surface area contributed by atoms with Crippen molar-refractivity contribution in [3.63, 3.8) is 0 Å². The van der Waals surface area contributed by atoms with Crippen molar-refractivity contribution in [2.45, 2.75) is 20.0 Å². The Balaban J connectivity index is 2.72. The van der Waals surface area contributed by atoms with E-state index in [2.05, 4.69) is 10.2 Å². The molecule has 0 aliphatic rings. The fourth-order valence-corrected chi connectivity index (χ4v) is 0.865. The van der Waals surface area contributed by atoms with Crippen molar-refractivity contribution in [2.75, 3.05) is 0 Å². The molecule has 0 saturated carbocycles. The van der Waals surface area contributed by atoms with E-state index in [1.54, 1.807) is 13.8 Å². The first-order valence-electron chi connectivity index (χ1n) is 3.51. The molecule has 0 aromatic carbocycles. The minimum Gasteiger partial charge on any atom is -0.459 e. The zero-order chi connectivity index (χ0) is 9.14. The molecule has 0 aliphatic carbocycles. The van der Waals surface area contributed by atoms with Crippen molar-refractivity contribution in [3.8, 4) is 0 Å². The molecular formula is C7H9ClN2O2. The summed E-state index contributed by atoms with van der Waals surface area (Å²) in [7, 11) is 0. The Morgan fingerprint density at radius 1 is 1.75 bits per heavy atom. The maximum Gasteiger partial charge on any atom is 0.343 e. The number of H-pyrrole nitrogens is 1. The third-order valence-electron chi connectivity index (χ3n) is 1.16. The van der Waals surface area contributed by atoms with E-state index in [4.69, 9.17) is 16.3 Å². The summed E-state index contributed by atoms with van der Waals surface area (Å²) >= 11 is 5.60. The number of rotatable bonds is 2. The fraction of sp³-hybridized carbons (Fsp3) is 0.429. The minimum atomic E-state index is -0.455. The van der Waals surface area contributed by atoms with E-state index in [1.807, 2.05) is 0 Å². The highest BCUT2D eigenvalue weighted by atomic mass is 35.5. The van der Waals surface area contributed by atoms with Gasteiger partial charge in [0.1, 0.15) is 10.7 Å². The van der Waals surface area contributed by atoms with Crippen LogP contribution in [0, 0.1) is 0 Å². The van der Waals surface area contributed by atoms with Crippen molar-refractivity contribution in [1.82, 2.24) is 10.2 Å². The molecule has 0 unspecified atom stereocenters. The lowest BCUT2D eigenvalue weighted by atomic mass is 10.3. The molecule has 1 rings (SSSR count). The monoisotopic (exact) mass is 188 g/mol. The van der Waals surface area contributed by atoms with Crippen LogP contribution < -0.4 is 0 Å². The van der Waals surface area contributed by atoms with Crippen LogP contribution in [0.4, 0.5) is 0 Å². The molecule has 0 bridgehead atoms. The van der Waals surface area contributed by atoms with E-state index in [9.17, 15) is 4.79 Å². The Hall–Kier alpha value is -1.03. The number of nitrogens with one attached hydrogen (secondary N) is 1. The topological polar surface area (TPSA) is 55.0 Å². The third kappa shape index (κ3) is 1.98. The smallest absolute Gasteiger partial charge is 0.343 e. The van der Waals surface area contributed by atoms with Crippen molar-refractivity contribution in [3.05, 3.63) is 16.9 Å². The summed E-state index contributed by atoms with van der Waals surface area (Å²) in [4.78, 5) is 11.2. The summed E-state index contributed by atoms with van der Waals surface area (Å²) in [6.07, 6.45) is 1.19. The van der Waals surface area contributed by atoms with Crippen molar-refractivity contribution in [2.24, 2.45) is 0 Å². The van der Waals surface area contributed by atoms with Crippen LogP contribution in [0.1, 0.15) is 24.2 Å². The van der Waals surface area contributed by atoms with Crippen LogP contribution in [0.15, 0.2) is 6.20 Å². The predicted octanol–water partition coefficient (Wildman–Crippen LogP) is 1.63. The van der Waals surface area contributed by atoms with Gasteiger partial charge >= 0.3 is 5.97 Å². The molecule has 12 heavy (non-hydrogen) atoms. The Bertz CT molecular complexity index is 283. The van der Waals surface area contributed by atoms with Gasteiger partial charge in [0.25, 0.3) is 0 Å². The van der Waals surface area contributed by atoms with Crippen LogP contribution in [0.5, 0.6) is 0 Å². The Morgan fingerprint density at radius 3 is 2.83 bits per heavy atom. The van der Waals surface area contributed by atoms with Crippen LogP contribution in [0.25, 0.3) is 0 Å². The second-order valence-corrected chi connectivity index (χ2v) is 2.93. The number of ether oxygens (including phenoxy) is 1. The average Bonchev–Trinajstić information content (AvgIpc) is 2.33. The molecule has 66 valence electrons. The first-order chi connectivity index (χ1) is 5.61. The number of aromatic amines is 1. The van der Waals surface area contributed by atoms with Gasteiger partial charge in [0, 0.05) is 0 Å². The summed E-state index contributed by atoms with van der Waals surface area (Å²) in [5.74, 6) is -0.455. The number of hydrogen-bond donors (Lipinski definition) is 1. The molecule has 0 saturated heterocycles. The van der Waals surface area contributed by atoms with E-state index < -0.39 is 5.97 Å². The van der Waals surface area contributed by atoms with E-state index >= 15 is 0 Å². The number of hydrogen-bond acceptors (Lipinski definition) is 3. The normalized spacial score (nSPS) is 10.3. The summed E-state index contributed by atoms with van der Waals surface area (Å²) < 4.78 is 4.89. The van der Waals surface area contributed by atoms with Gasteiger partial charge in [-0.3, -0.25) is 5.10 Å². The molecule has 0 radical (unpaired) electrons. The zero-order valence-corrected chi connectivity index (χ0v) is 7.55. The first-order valence-corrected chi connectivity index (χ1v) is 3.89. The van der Waals surface area contributed by atoms with Crippen LogP contribution in [-0.4, -0.2) is 22.3 Å². The van der Waals surface area contributed by atoms with Crippen LogP contribution in [0.2, 0.25) is 5.15 Å². The maximum absolute atomic E-state index is 11.2. The van der Waals surface area contributed by atoms with Gasteiger partial charge in [0.15, 0.2) is 0 Å². The molecule has 0 fully saturated rings. The molecule has 5 heteroatoms. The number of aromatic nitrogens is 2. The zero-order valence-electron chi connectivity index (χ0n) is 6.80. The number of carbonyl (C=O) groups is 1. The van der Waals surface area contributed by atoms with E-state index in [0.29, 0.717) is 0 Å². The first kappa shape index (κ1) is 9.06. The van der Waals surface area contributed by atoms with Crippen molar-refractivity contribution >= 4 is 17.6 Å². The van der Waals surface area contributed by atoms with E-state index in [-0.39, 0.29) is 16.8 Å². The van der Waals surface area contributed by atoms with Crippen LogP contribution >= 0.6 is 11.6 Å². The van der Waals surface area contributed by atoms with E-state index in [1.165, 1.54) is 6.20 Å². The number of nitrogens with zero attached hydrogens (tertiary/aromatic N) is 1. The average molecular weight is 189 g/mol. The van der Waals surface area contributed by atoms with Gasteiger partial charge in [0.05, 0.1) is 12.3 Å². The SMILES string of the molecule is CC(C)OC(=O)c1cn[nH]c1Cl. The van der Waals surface area contributed by atoms with Gasteiger partial charge in [-0.05, 0) is 13.8 Å². The summed E-state index contributed by atoms with van der Waals surface area (Å²) in [5, 5.41) is 6.24. The van der Waals surface area contributed by atoms with Gasteiger partial charge in [0.2, 0.25) is 0 Å². The van der Waals surface area contributed by atoms with Gasteiger partial charge < -0.3 is 4.74 Å². The number of esters is 1. The molecule has 1 aromatic rings. The predicted molar refractivity (Wildman–Crippen MR) is 44.1 cm³/mol. The van der Waals surface area contributed by atoms with Crippen molar-refractivity contribution in [1.29, 1.82) is 0 Å². The van der Waals surface area contributed by atoms with Crippen LogP contribution in [-0.2, 0) is 4.74 Å². The minimum absolute atomic E-state index is 0.150. The lowest BCUT2D eigenvalue weighted by Gasteiger charge is -2.05. The van der Waals surface area contributed by atoms with Gasteiger partial charge in [-0.1, -0.05) is 11.6 Å². The highest BCUT2D eigenvalue weighted by Crippen LogP contribution is 2.12. The molecular weight excluding hydrogens is 180 g/mol. The second kappa shape index (κ2) is 3.58. The van der Waals surface area contributed by atoms with Crippen LogP contribution in [0.3, 0.4) is 0 Å². The molecule has 0 aliphatic heterocycles. The summed E-state index contributed by atoms with van der Waals surface area (Å²) in [6, 6.07) is 0. The molecule has 1 aromatic heterocycles. The maximum atomic E-state index is 11.2. The molecule has 0 atom stereocenters. The summed E-state index contributed by atoms with van der Waals surface area (Å²) in [6.45, 7) is 3.54. The van der Waals surface area contributed by atoms with Gasteiger partial charge in [-0.25, -0.2) is 4.79 Å². The summed E-state index contributed by atoms with van der Waals surface area (Å²) in [5.41, 5.74) is 0.269. The number of carbonyl (C=O) groups excluding carboxylic acids is 1. The molecule has 1 heterocycles. The second-order valence-electron chi connectivity index (χ2n) is 2.55. The van der Waals surface area contributed by atoms with Crippen molar-refractivity contribution < 1.29 is 9.53 Å². The van der Waals surface area contributed by atoms with Gasteiger partial charge in [-0.15, -0.1) is 0 Å². The fourth-order valence-electron chi connectivity index (χ4n) is 0.690. The molecule has 0 spiro atoms. The Morgan fingerprint density at radius 2 is 2.42 bits per heavy atom. The molecule has 4 nitrogen and oxygen atoms in total.